The minimum atomic E-state index is -0.606. The van der Waals surface area contributed by atoms with Crippen molar-refractivity contribution in [1.82, 2.24) is 19.9 Å². The van der Waals surface area contributed by atoms with E-state index in [-0.39, 0.29) is 18.4 Å². The molecule has 2 aliphatic rings. The van der Waals surface area contributed by atoms with Crippen LogP contribution < -0.4 is 0 Å². The molecule has 29 heavy (non-hydrogen) atoms. The van der Waals surface area contributed by atoms with Crippen LogP contribution in [0.2, 0.25) is 0 Å². The number of nitrogens with zero attached hydrogens (tertiary/aromatic N) is 4. The van der Waals surface area contributed by atoms with Gasteiger partial charge in [-0.05, 0) is 43.2 Å². The van der Waals surface area contributed by atoms with E-state index in [4.69, 9.17) is 0 Å². The van der Waals surface area contributed by atoms with Gasteiger partial charge in [-0.1, -0.05) is 18.2 Å². The molecule has 0 bridgehead atoms. The number of hydrogen-bond acceptors (Lipinski definition) is 4. The lowest BCUT2D eigenvalue weighted by Gasteiger charge is -2.50. The van der Waals surface area contributed by atoms with Crippen LogP contribution in [0.5, 0.6) is 0 Å². The second-order valence-corrected chi connectivity index (χ2v) is 7.99. The standard InChI is InChI=1S/C22H21N5O2/c1-22(2)20-16(15-5-3-4-6-17(15)25-20)11-18-21(29)26(13-19(28)27(18)22)24-12-14-7-9-23-10-8-14/h3-10,12,18,25H,11,13H2,1-2H3/b24-12+/t18-/m0/s1. The van der Waals surface area contributed by atoms with Crippen molar-refractivity contribution in [1.29, 1.82) is 0 Å². The molecule has 5 rings (SSSR count). The Morgan fingerprint density at radius 2 is 1.93 bits per heavy atom. The molecule has 1 fully saturated rings. The van der Waals surface area contributed by atoms with Gasteiger partial charge in [0.2, 0.25) is 5.91 Å². The van der Waals surface area contributed by atoms with E-state index in [0.29, 0.717) is 6.42 Å². The van der Waals surface area contributed by atoms with E-state index in [2.05, 4.69) is 21.1 Å². The predicted molar refractivity (Wildman–Crippen MR) is 109 cm³/mol. The largest absolute Gasteiger partial charge is 0.356 e. The van der Waals surface area contributed by atoms with E-state index in [1.54, 1.807) is 35.6 Å². The number of rotatable bonds is 2. The van der Waals surface area contributed by atoms with Crippen LogP contribution >= 0.6 is 0 Å². The maximum absolute atomic E-state index is 13.3. The van der Waals surface area contributed by atoms with E-state index in [1.165, 1.54) is 5.01 Å². The number of H-pyrrole nitrogens is 1. The molecule has 0 radical (unpaired) electrons. The van der Waals surface area contributed by atoms with E-state index < -0.39 is 11.6 Å². The topological polar surface area (TPSA) is 81.7 Å². The zero-order valence-electron chi connectivity index (χ0n) is 16.3. The maximum atomic E-state index is 13.3. The van der Waals surface area contributed by atoms with Crippen molar-refractivity contribution in [3.63, 3.8) is 0 Å². The molecule has 1 saturated heterocycles. The zero-order valence-corrected chi connectivity index (χ0v) is 16.3. The third-order valence-electron chi connectivity index (χ3n) is 5.88. The van der Waals surface area contributed by atoms with Gasteiger partial charge in [-0.15, -0.1) is 0 Å². The van der Waals surface area contributed by atoms with Crippen molar-refractivity contribution in [2.75, 3.05) is 6.54 Å². The highest BCUT2D eigenvalue weighted by Gasteiger charge is 2.51. The lowest BCUT2D eigenvalue weighted by atomic mass is 9.82. The first-order valence-corrected chi connectivity index (χ1v) is 9.64. The molecule has 7 heteroatoms. The lowest BCUT2D eigenvalue weighted by molar-refractivity contribution is -0.163. The van der Waals surface area contributed by atoms with Crippen molar-refractivity contribution < 1.29 is 9.59 Å². The SMILES string of the molecule is CC1(C)c2[nH]c3ccccc3c2C[C@H]2C(=O)N(/N=C/c3ccncc3)CC(=O)N21. The fraction of sp³-hybridized carbons (Fsp3) is 0.273. The maximum Gasteiger partial charge on any atom is 0.266 e. The number of hydrogen-bond donors (Lipinski definition) is 1. The molecule has 2 aliphatic heterocycles. The summed E-state index contributed by atoms with van der Waals surface area (Å²) >= 11 is 0. The molecule has 0 aliphatic carbocycles. The lowest BCUT2D eigenvalue weighted by Crippen LogP contribution is -2.66. The van der Waals surface area contributed by atoms with Crippen molar-refractivity contribution in [3.8, 4) is 0 Å². The van der Waals surface area contributed by atoms with Crippen molar-refractivity contribution in [2.24, 2.45) is 5.10 Å². The quantitative estimate of drug-likeness (QED) is 0.686. The number of fused-ring (bicyclic) bond motifs is 4. The predicted octanol–water partition coefficient (Wildman–Crippen LogP) is 2.43. The number of benzene rings is 1. The third-order valence-corrected chi connectivity index (χ3v) is 5.88. The van der Waals surface area contributed by atoms with Gasteiger partial charge in [0.25, 0.3) is 5.91 Å². The minimum Gasteiger partial charge on any atom is -0.356 e. The minimum absolute atomic E-state index is 0.0596. The van der Waals surface area contributed by atoms with Crippen molar-refractivity contribution in [3.05, 3.63) is 65.6 Å². The third kappa shape index (κ3) is 2.65. The molecule has 7 nitrogen and oxygen atoms in total. The monoisotopic (exact) mass is 387 g/mol. The molecule has 0 saturated carbocycles. The highest BCUT2D eigenvalue weighted by Crippen LogP contribution is 2.42. The number of piperazine rings is 1. The van der Waals surface area contributed by atoms with Crippen LogP contribution in [-0.2, 0) is 21.5 Å². The van der Waals surface area contributed by atoms with Gasteiger partial charge in [-0.25, -0.2) is 5.01 Å². The van der Waals surface area contributed by atoms with Crippen LogP contribution in [0.3, 0.4) is 0 Å². The number of hydrazone groups is 1. The average Bonchev–Trinajstić information content (AvgIpc) is 3.10. The summed E-state index contributed by atoms with van der Waals surface area (Å²) in [7, 11) is 0. The number of pyridine rings is 1. The summed E-state index contributed by atoms with van der Waals surface area (Å²) in [6.07, 6.45) is 5.39. The van der Waals surface area contributed by atoms with Gasteiger partial charge in [0.15, 0.2) is 0 Å². The Morgan fingerprint density at radius 1 is 1.17 bits per heavy atom. The zero-order chi connectivity index (χ0) is 20.2. The van der Waals surface area contributed by atoms with Gasteiger partial charge in [-0.2, -0.15) is 5.10 Å². The van der Waals surface area contributed by atoms with Crippen LogP contribution in [-0.4, -0.2) is 50.5 Å². The summed E-state index contributed by atoms with van der Waals surface area (Å²) in [4.78, 5) is 35.5. The van der Waals surface area contributed by atoms with E-state index in [0.717, 1.165) is 27.7 Å². The fourth-order valence-corrected chi connectivity index (χ4v) is 4.55. The Bertz CT molecular complexity index is 1150. The molecule has 0 spiro atoms. The molecular formula is C22H21N5O2. The van der Waals surface area contributed by atoms with E-state index in [1.807, 2.05) is 32.0 Å². The van der Waals surface area contributed by atoms with Crippen molar-refractivity contribution >= 4 is 28.9 Å². The summed E-state index contributed by atoms with van der Waals surface area (Å²) in [5, 5.41) is 6.70. The summed E-state index contributed by atoms with van der Waals surface area (Å²) in [6.45, 7) is 3.93. The fourth-order valence-electron chi connectivity index (χ4n) is 4.55. The molecule has 3 aromatic rings. The smallest absolute Gasteiger partial charge is 0.266 e. The number of carbonyl (C=O) groups is 2. The van der Waals surface area contributed by atoms with Crippen LogP contribution in [0, 0.1) is 0 Å². The molecule has 2 amide bonds. The molecule has 2 aromatic heterocycles. The molecule has 1 N–H and O–H groups in total. The highest BCUT2D eigenvalue weighted by atomic mass is 16.2. The van der Waals surface area contributed by atoms with Crippen LogP contribution in [0.4, 0.5) is 0 Å². The Kier molecular flexibility index (Phi) is 3.81. The van der Waals surface area contributed by atoms with E-state index >= 15 is 0 Å². The summed E-state index contributed by atoms with van der Waals surface area (Å²) in [5.74, 6) is -0.255. The first-order valence-electron chi connectivity index (χ1n) is 9.64. The van der Waals surface area contributed by atoms with Gasteiger partial charge in [0, 0.05) is 35.4 Å². The number of para-hydroxylation sites is 1. The highest BCUT2D eigenvalue weighted by molar-refractivity contribution is 5.98. The second kappa shape index (κ2) is 6.27. The Balaban J connectivity index is 1.54. The second-order valence-electron chi connectivity index (χ2n) is 7.99. The van der Waals surface area contributed by atoms with Gasteiger partial charge in [-0.3, -0.25) is 14.6 Å². The molecule has 1 atom stereocenters. The van der Waals surface area contributed by atoms with Gasteiger partial charge >= 0.3 is 0 Å². The van der Waals surface area contributed by atoms with Gasteiger partial charge < -0.3 is 9.88 Å². The number of amides is 2. The average molecular weight is 387 g/mol. The Morgan fingerprint density at radius 3 is 2.72 bits per heavy atom. The molecule has 146 valence electrons. The number of aromatic amines is 1. The Labute approximate surface area is 168 Å². The van der Waals surface area contributed by atoms with Crippen LogP contribution in [0.1, 0.15) is 30.7 Å². The summed E-state index contributed by atoms with van der Waals surface area (Å²) in [6, 6.07) is 11.1. The molecule has 1 aromatic carbocycles. The molecule has 4 heterocycles. The Hall–Kier alpha value is -3.48. The number of nitrogens with one attached hydrogen (secondary N) is 1. The summed E-state index contributed by atoms with van der Waals surface area (Å²) in [5.41, 5.74) is 3.35. The normalized spacial score (nSPS) is 21.0. The van der Waals surface area contributed by atoms with E-state index in [9.17, 15) is 9.59 Å². The number of carbonyl (C=O) groups excluding carboxylic acids is 2. The molecule has 0 unspecified atom stereocenters. The molecular weight excluding hydrogens is 366 g/mol. The van der Waals surface area contributed by atoms with Gasteiger partial charge in [0.05, 0.1) is 11.8 Å². The first kappa shape index (κ1) is 17.6. The first-order chi connectivity index (χ1) is 14.0. The summed E-state index contributed by atoms with van der Waals surface area (Å²) < 4.78 is 0. The van der Waals surface area contributed by atoms with Crippen molar-refractivity contribution in [2.45, 2.75) is 31.8 Å². The van der Waals surface area contributed by atoms with Crippen LogP contribution in [0.25, 0.3) is 10.9 Å². The number of aromatic nitrogens is 2. The van der Waals surface area contributed by atoms with Crippen LogP contribution in [0.15, 0.2) is 53.9 Å². The van der Waals surface area contributed by atoms with Gasteiger partial charge in [0.1, 0.15) is 12.6 Å².